The van der Waals surface area contributed by atoms with Crippen LogP contribution in [0.1, 0.15) is 16.7 Å². The molecule has 0 spiro atoms. The summed E-state index contributed by atoms with van der Waals surface area (Å²) in [4.78, 5) is 17.3. The SMILES string of the molecule is Cc1cc(Oc2ccc(CNc3ccnc(=O)[nH]3)cc2C#N)ccc1Cl. The molecule has 0 amide bonds. The van der Waals surface area contributed by atoms with Gasteiger partial charge in [-0.15, -0.1) is 0 Å². The highest BCUT2D eigenvalue weighted by Gasteiger charge is 2.08. The van der Waals surface area contributed by atoms with Crippen molar-refractivity contribution in [1.82, 2.24) is 9.97 Å². The predicted octanol–water partition coefficient (Wildman–Crippen LogP) is 4.01. The van der Waals surface area contributed by atoms with Crippen molar-refractivity contribution in [3.05, 3.63) is 80.9 Å². The maximum Gasteiger partial charge on any atom is 0.346 e. The Morgan fingerprint density at radius 1 is 1.27 bits per heavy atom. The lowest BCUT2D eigenvalue weighted by Crippen LogP contribution is -2.12. The van der Waals surface area contributed by atoms with Crippen LogP contribution in [-0.2, 0) is 6.54 Å². The van der Waals surface area contributed by atoms with Crippen molar-refractivity contribution in [2.24, 2.45) is 0 Å². The van der Waals surface area contributed by atoms with Gasteiger partial charge >= 0.3 is 5.69 Å². The molecule has 3 aromatic rings. The average Bonchev–Trinajstić information content (AvgIpc) is 2.64. The molecule has 130 valence electrons. The number of aromatic nitrogens is 2. The van der Waals surface area contributed by atoms with Crippen LogP contribution >= 0.6 is 11.6 Å². The molecule has 0 radical (unpaired) electrons. The van der Waals surface area contributed by atoms with Gasteiger partial charge in [0.05, 0.1) is 5.56 Å². The highest BCUT2D eigenvalue weighted by Crippen LogP contribution is 2.28. The number of hydrogen-bond donors (Lipinski definition) is 2. The van der Waals surface area contributed by atoms with Crippen LogP contribution < -0.4 is 15.7 Å². The number of halogens is 1. The second-order valence-corrected chi connectivity index (χ2v) is 6.00. The lowest BCUT2D eigenvalue weighted by Gasteiger charge is -2.11. The fourth-order valence-corrected chi connectivity index (χ4v) is 2.46. The van der Waals surface area contributed by atoms with E-state index in [1.54, 1.807) is 30.3 Å². The summed E-state index contributed by atoms with van der Waals surface area (Å²) in [5.41, 5.74) is 1.77. The van der Waals surface area contributed by atoms with Gasteiger partial charge in [-0.3, -0.25) is 4.98 Å². The summed E-state index contributed by atoms with van der Waals surface area (Å²) in [5.74, 6) is 1.64. The lowest BCUT2D eigenvalue weighted by atomic mass is 10.1. The first-order valence-electron chi connectivity index (χ1n) is 7.81. The molecule has 1 heterocycles. The van der Waals surface area contributed by atoms with Crippen molar-refractivity contribution in [2.75, 3.05) is 5.32 Å². The minimum Gasteiger partial charge on any atom is -0.456 e. The maximum absolute atomic E-state index is 11.2. The normalized spacial score (nSPS) is 10.2. The molecule has 0 aliphatic heterocycles. The molecule has 6 nitrogen and oxygen atoms in total. The zero-order valence-corrected chi connectivity index (χ0v) is 14.7. The third kappa shape index (κ3) is 4.21. The monoisotopic (exact) mass is 366 g/mol. The summed E-state index contributed by atoms with van der Waals surface area (Å²) in [6.45, 7) is 2.33. The molecule has 0 atom stereocenters. The van der Waals surface area contributed by atoms with Crippen LogP contribution in [0, 0.1) is 18.3 Å². The Balaban J connectivity index is 1.76. The van der Waals surface area contributed by atoms with Crippen LogP contribution in [-0.4, -0.2) is 9.97 Å². The van der Waals surface area contributed by atoms with Crippen molar-refractivity contribution >= 4 is 17.4 Å². The number of H-pyrrole nitrogens is 1. The molecule has 0 fully saturated rings. The first kappa shape index (κ1) is 17.5. The van der Waals surface area contributed by atoms with Gasteiger partial charge in [-0.1, -0.05) is 17.7 Å². The van der Waals surface area contributed by atoms with Crippen molar-refractivity contribution in [3.8, 4) is 17.6 Å². The number of anilines is 1. The van der Waals surface area contributed by atoms with Crippen molar-refractivity contribution in [2.45, 2.75) is 13.5 Å². The molecule has 2 N–H and O–H groups in total. The third-order valence-corrected chi connectivity index (χ3v) is 4.10. The van der Waals surface area contributed by atoms with Gasteiger partial charge in [-0.25, -0.2) is 9.78 Å². The second-order valence-electron chi connectivity index (χ2n) is 5.60. The quantitative estimate of drug-likeness (QED) is 0.712. The number of nitrogens with zero attached hydrogens (tertiary/aromatic N) is 2. The van der Waals surface area contributed by atoms with Crippen LogP contribution in [0.5, 0.6) is 11.5 Å². The average molecular weight is 367 g/mol. The van der Waals surface area contributed by atoms with Gasteiger partial charge in [0, 0.05) is 17.8 Å². The van der Waals surface area contributed by atoms with E-state index in [1.165, 1.54) is 6.20 Å². The number of hydrogen-bond acceptors (Lipinski definition) is 5. The number of nitrogens with one attached hydrogen (secondary N) is 2. The molecule has 0 saturated carbocycles. The molecule has 0 saturated heterocycles. The molecule has 1 aromatic heterocycles. The van der Waals surface area contributed by atoms with Crippen LogP contribution in [0.15, 0.2) is 53.5 Å². The van der Waals surface area contributed by atoms with Crippen molar-refractivity contribution in [1.29, 1.82) is 5.26 Å². The molecule has 0 aliphatic carbocycles. The van der Waals surface area contributed by atoms with Crippen LogP contribution in [0.4, 0.5) is 5.82 Å². The van der Waals surface area contributed by atoms with E-state index < -0.39 is 5.69 Å². The summed E-state index contributed by atoms with van der Waals surface area (Å²) in [6, 6.07) is 14.5. The van der Waals surface area contributed by atoms with E-state index in [-0.39, 0.29) is 0 Å². The van der Waals surface area contributed by atoms with Gasteiger partial charge < -0.3 is 10.1 Å². The Hall–Kier alpha value is -3.30. The predicted molar refractivity (Wildman–Crippen MR) is 99.6 cm³/mol. The Bertz CT molecular complexity index is 1040. The number of aromatic amines is 1. The van der Waals surface area contributed by atoms with E-state index in [1.807, 2.05) is 19.1 Å². The number of benzene rings is 2. The minimum absolute atomic E-state index is 0.417. The van der Waals surface area contributed by atoms with E-state index in [2.05, 4.69) is 21.4 Å². The summed E-state index contributed by atoms with van der Waals surface area (Å²) in [6.07, 6.45) is 1.42. The minimum atomic E-state index is -0.422. The maximum atomic E-state index is 11.2. The number of nitriles is 1. The molecular weight excluding hydrogens is 352 g/mol. The summed E-state index contributed by atoms with van der Waals surface area (Å²) < 4.78 is 5.81. The van der Waals surface area contributed by atoms with Crippen LogP contribution in [0.25, 0.3) is 0 Å². The molecule has 0 bridgehead atoms. The topological polar surface area (TPSA) is 90.8 Å². The van der Waals surface area contributed by atoms with Crippen LogP contribution in [0.3, 0.4) is 0 Å². The van der Waals surface area contributed by atoms with E-state index >= 15 is 0 Å². The number of rotatable bonds is 5. The molecule has 3 rings (SSSR count). The van der Waals surface area contributed by atoms with E-state index in [0.717, 1.165) is 11.1 Å². The zero-order chi connectivity index (χ0) is 18.5. The van der Waals surface area contributed by atoms with E-state index in [9.17, 15) is 10.1 Å². The highest BCUT2D eigenvalue weighted by molar-refractivity contribution is 6.31. The fourth-order valence-electron chi connectivity index (χ4n) is 2.34. The highest BCUT2D eigenvalue weighted by atomic mass is 35.5. The Morgan fingerprint density at radius 3 is 2.85 bits per heavy atom. The molecule has 26 heavy (non-hydrogen) atoms. The first-order valence-corrected chi connectivity index (χ1v) is 8.19. The standard InChI is InChI=1S/C19H15ClN4O2/c1-12-8-15(3-4-16(12)20)26-17-5-2-13(9-14(17)10-21)11-23-18-6-7-22-19(25)24-18/h2-9H,11H2,1H3,(H2,22,23,24,25). The Morgan fingerprint density at radius 2 is 2.12 bits per heavy atom. The van der Waals surface area contributed by atoms with Gasteiger partial charge in [0.2, 0.25) is 0 Å². The third-order valence-electron chi connectivity index (χ3n) is 3.68. The van der Waals surface area contributed by atoms with Crippen molar-refractivity contribution in [3.63, 3.8) is 0 Å². The summed E-state index contributed by atoms with van der Waals surface area (Å²) in [7, 11) is 0. The summed E-state index contributed by atoms with van der Waals surface area (Å²) in [5, 5.41) is 13.2. The Kier molecular flexibility index (Phi) is 5.20. The van der Waals surface area contributed by atoms with E-state index in [4.69, 9.17) is 16.3 Å². The molecule has 7 heteroatoms. The summed E-state index contributed by atoms with van der Waals surface area (Å²) >= 11 is 6.02. The zero-order valence-electron chi connectivity index (χ0n) is 13.9. The van der Waals surface area contributed by atoms with Gasteiger partial charge in [0.25, 0.3) is 0 Å². The molecule has 0 aliphatic rings. The lowest BCUT2D eigenvalue weighted by molar-refractivity contribution is 0.480. The molecular formula is C19H15ClN4O2. The first-order chi connectivity index (χ1) is 12.5. The largest absolute Gasteiger partial charge is 0.456 e. The Labute approximate surface area is 155 Å². The smallest absolute Gasteiger partial charge is 0.346 e. The van der Waals surface area contributed by atoms with Gasteiger partial charge in [0.1, 0.15) is 23.4 Å². The van der Waals surface area contributed by atoms with Gasteiger partial charge in [-0.05, 0) is 54.4 Å². The number of ether oxygens (including phenoxy) is 1. The second kappa shape index (κ2) is 7.72. The number of aryl methyl sites for hydroxylation is 1. The van der Waals surface area contributed by atoms with Gasteiger partial charge in [0.15, 0.2) is 0 Å². The molecule has 0 unspecified atom stereocenters. The fraction of sp³-hybridized carbons (Fsp3) is 0.105. The van der Waals surface area contributed by atoms with Crippen LogP contribution in [0.2, 0.25) is 5.02 Å². The van der Waals surface area contributed by atoms with E-state index in [0.29, 0.717) is 34.4 Å². The van der Waals surface area contributed by atoms with Crippen molar-refractivity contribution < 1.29 is 4.74 Å². The molecule has 2 aromatic carbocycles. The van der Waals surface area contributed by atoms with Gasteiger partial charge in [-0.2, -0.15) is 5.26 Å².